The molecule has 0 saturated carbocycles. The molecule has 2 aromatic carbocycles. The van der Waals surface area contributed by atoms with Crippen molar-refractivity contribution >= 4 is 35.2 Å². The van der Waals surface area contributed by atoms with E-state index in [4.69, 9.17) is 16.3 Å². The van der Waals surface area contributed by atoms with Crippen molar-refractivity contribution in [3.63, 3.8) is 0 Å². The third-order valence-electron chi connectivity index (χ3n) is 3.98. The number of para-hydroxylation sites is 1. The molecule has 0 heterocycles. The van der Waals surface area contributed by atoms with Crippen LogP contribution in [0.25, 0.3) is 0 Å². The van der Waals surface area contributed by atoms with Gasteiger partial charge in [0.2, 0.25) is 5.91 Å². The van der Waals surface area contributed by atoms with Gasteiger partial charge in [0.25, 0.3) is 5.91 Å². The Morgan fingerprint density at radius 1 is 1.14 bits per heavy atom. The first-order chi connectivity index (χ1) is 13.6. The maximum Gasteiger partial charge on any atom is 0.258 e. The van der Waals surface area contributed by atoms with Gasteiger partial charge in [-0.15, -0.1) is 0 Å². The van der Waals surface area contributed by atoms with Crippen LogP contribution in [0.1, 0.15) is 12.0 Å². The van der Waals surface area contributed by atoms with E-state index in [9.17, 15) is 9.59 Å². The number of amides is 2. The van der Waals surface area contributed by atoms with E-state index in [1.165, 1.54) is 0 Å². The molecule has 0 aliphatic heterocycles. The second kappa shape index (κ2) is 12.3. The number of hydrogen-bond donors (Lipinski definition) is 2. The van der Waals surface area contributed by atoms with Crippen molar-refractivity contribution in [3.8, 4) is 5.75 Å². The molecule has 0 bridgehead atoms. The van der Waals surface area contributed by atoms with Crippen LogP contribution in [-0.4, -0.2) is 43.0 Å². The summed E-state index contributed by atoms with van der Waals surface area (Å²) in [6.07, 6.45) is 3.20. The summed E-state index contributed by atoms with van der Waals surface area (Å²) >= 11 is 7.61. The van der Waals surface area contributed by atoms with E-state index in [0.29, 0.717) is 30.2 Å². The Morgan fingerprint density at radius 2 is 1.93 bits per heavy atom. The Bertz CT molecular complexity index is 758. The summed E-state index contributed by atoms with van der Waals surface area (Å²) in [6.45, 7) is 0.348. The van der Waals surface area contributed by atoms with Crippen LogP contribution in [0.15, 0.2) is 54.6 Å². The first-order valence-electron chi connectivity index (χ1n) is 9.07. The summed E-state index contributed by atoms with van der Waals surface area (Å²) in [5.74, 6) is 0.875. The fourth-order valence-corrected chi connectivity index (χ4v) is 3.24. The lowest BCUT2D eigenvalue weighted by molar-refractivity contribution is -0.130. The van der Waals surface area contributed by atoms with E-state index in [-0.39, 0.29) is 18.4 Å². The average Bonchev–Trinajstić information content (AvgIpc) is 2.70. The quantitative estimate of drug-likeness (QED) is 0.585. The summed E-state index contributed by atoms with van der Waals surface area (Å²) in [4.78, 5) is 24.7. The number of halogens is 1. The topological polar surface area (TPSA) is 67.4 Å². The average molecular weight is 421 g/mol. The van der Waals surface area contributed by atoms with Crippen LogP contribution in [0.3, 0.4) is 0 Å². The third kappa shape index (κ3) is 8.23. The van der Waals surface area contributed by atoms with E-state index in [1.807, 2.05) is 48.7 Å². The number of ether oxygens (including phenoxy) is 1. The van der Waals surface area contributed by atoms with Gasteiger partial charge in [-0.25, -0.2) is 0 Å². The van der Waals surface area contributed by atoms with Crippen molar-refractivity contribution in [1.82, 2.24) is 10.6 Å². The normalized spacial score (nSPS) is 11.5. The van der Waals surface area contributed by atoms with Crippen molar-refractivity contribution < 1.29 is 14.3 Å². The highest BCUT2D eigenvalue weighted by molar-refractivity contribution is 7.98. The number of hydrogen-bond acceptors (Lipinski definition) is 4. The molecule has 28 heavy (non-hydrogen) atoms. The number of thioether (sulfide) groups is 1. The smallest absolute Gasteiger partial charge is 0.258 e. The van der Waals surface area contributed by atoms with E-state index < -0.39 is 6.04 Å². The molecule has 0 aromatic heterocycles. The molecule has 2 N–H and O–H groups in total. The van der Waals surface area contributed by atoms with Crippen LogP contribution in [0.4, 0.5) is 0 Å². The van der Waals surface area contributed by atoms with Crippen molar-refractivity contribution in [3.05, 3.63) is 65.2 Å². The molecule has 0 spiro atoms. The Morgan fingerprint density at radius 3 is 2.64 bits per heavy atom. The van der Waals surface area contributed by atoms with Gasteiger partial charge in [-0.2, -0.15) is 11.8 Å². The summed E-state index contributed by atoms with van der Waals surface area (Å²) in [5.41, 5.74) is 1.05. The Hall–Kier alpha value is -2.18. The number of nitrogens with one attached hydrogen (secondary N) is 2. The molecule has 0 fully saturated rings. The molecule has 2 aromatic rings. The highest BCUT2D eigenvalue weighted by Gasteiger charge is 2.20. The Balaban J connectivity index is 1.81. The first-order valence-corrected chi connectivity index (χ1v) is 10.8. The maximum atomic E-state index is 12.5. The molecule has 2 rings (SSSR count). The lowest BCUT2D eigenvalue weighted by Gasteiger charge is -2.18. The molecular formula is C21H25ClN2O3S. The van der Waals surface area contributed by atoms with Crippen LogP contribution >= 0.6 is 23.4 Å². The number of carbonyl (C=O) groups excluding carboxylic acids is 2. The van der Waals surface area contributed by atoms with E-state index in [1.54, 1.807) is 23.9 Å². The molecule has 2 amide bonds. The second-order valence-electron chi connectivity index (χ2n) is 6.17. The summed E-state index contributed by atoms with van der Waals surface area (Å²) < 4.78 is 5.44. The zero-order valence-corrected chi connectivity index (χ0v) is 17.4. The molecule has 1 unspecified atom stereocenters. The first kappa shape index (κ1) is 22.1. The van der Waals surface area contributed by atoms with Crippen LogP contribution < -0.4 is 15.4 Å². The van der Waals surface area contributed by atoms with Crippen LogP contribution in [0.2, 0.25) is 5.02 Å². The SMILES string of the molecule is CSCCC(NC(=O)COc1ccccc1)C(=O)NCCc1cccc(Cl)c1. The maximum absolute atomic E-state index is 12.5. The lowest BCUT2D eigenvalue weighted by Crippen LogP contribution is -2.48. The van der Waals surface area contributed by atoms with Gasteiger partial charge in [-0.3, -0.25) is 9.59 Å². The molecule has 7 heteroatoms. The second-order valence-corrected chi connectivity index (χ2v) is 7.60. The Kier molecular flexibility index (Phi) is 9.72. The van der Waals surface area contributed by atoms with E-state index >= 15 is 0 Å². The molecule has 0 aliphatic carbocycles. The Labute approximate surface area is 175 Å². The van der Waals surface area contributed by atoms with Gasteiger partial charge in [0.1, 0.15) is 11.8 Å². The molecule has 0 saturated heterocycles. The summed E-state index contributed by atoms with van der Waals surface area (Å²) in [6, 6.07) is 16.1. The standard InChI is InChI=1S/C21H25ClN2O3S/c1-28-13-11-19(24-20(25)15-27-18-8-3-2-4-9-18)21(26)23-12-10-16-6-5-7-17(22)14-16/h2-9,14,19H,10-13,15H2,1H3,(H,23,26)(H,24,25). The highest BCUT2D eigenvalue weighted by Crippen LogP contribution is 2.11. The minimum absolute atomic E-state index is 0.129. The number of carbonyl (C=O) groups is 2. The molecule has 150 valence electrons. The fraction of sp³-hybridized carbons (Fsp3) is 0.333. The zero-order chi connectivity index (χ0) is 20.2. The zero-order valence-electron chi connectivity index (χ0n) is 15.8. The molecule has 5 nitrogen and oxygen atoms in total. The minimum atomic E-state index is -0.585. The van der Waals surface area contributed by atoms with E-state index in [2.05, 4.69) is 10.6 Å². The third-order valence-corrected chi connectivity index (χ3v) is 4.86. The largest absolute Gasteiger partial charge is 0.484 e. The van der Waals surface area contributed by atoms with Crippen LogP contribution in [0.5, 0.6) is 5.75 Å². The van der Waals surface area contributed by atoms with Gasteiger partial charge in [0, 0.05) is 11.6 Å². The lowest BCUT2D eigenvalue weighted by atomic mass is 10.1. The van der Waals surface area contributed by atoms with Crippen LogP contribution in [-0.2, 0) is 16.0 Å². The van der Waals surface area contributed by atoms with Gasteiger partial charge in [0.05, 0.1) is 0 Å². The van der Waals surface area contributed by atoms with Crippen LogP contribution in [0, 0.1) is 0 Å². The molecule has 0 radical (unpaired) electrons. The van der Waals surface area contributed by atoms with Gasteiger partial charge in [-0.1, -0.05) is 41.9 Å². The predicted octanol–water partition coefficient (Wildman–Crippen LogP) is 3.32. The fourth-order valence-electron chi connectivity index (χ4n) is 2.55. The number of rotatable bonds is 11. The van der Waals surface area contributed by atoms with Gasteiger partial charge >= 0.3 is 0 Å². The van der Waals surface area contributed by atoms with Crippen molar-refractivity contribution in [2.24, 2.45) is 0 Å². The van der Waals surface area contributed by atoms with Crippen molar-refractivity contribution in [1.29, 1.82) is 0 Å². The molecule has 0 aliphatic rings. The van der Waals surface area contributed by atoms with E-state index in [0.717, 1.165) is 11.3 Å². The monoisotopic (exact) mass is 420 g/mol. The van der Waals surface area contributed by atoms with Gasteiger partial charge in [-0.05, 0) is 54.7 Å². The highest BCUT2D eigenvalue weighted by atomic mass is 35.5. The summed E-state index contributed by atoms with van der Waals surface area (Å²) in [5, 5.41) is 6.33. The minimum Gasteiger partial charge on any atom is -0.484 e. The molecule has 1 atom stereocenters. The molecular weight excluding hydrogens is 396 g/mol. The van der Waals surface area contributed by atoms with Crippen molar-refractivity contribution in [2.45, 2.75) is 18.9 Å². The van der Waals surface area contributed by atoms with Crippen molar-refractivity contribution in [2.75, 3.05) is 25.2 Å². The summed E-state index contributed by atoms with van der Waals surface area (Å²) in [7, 11) is 0. The van der Waals surface area contributed by atoms with Gasteiger partial charge < -0.3 is 15.4 Å². The predicted molar refractivity (Wildman–Crippen MR) is 115 cm³/mol. The van der Waals surface area contributed by atoms with Gasteiger partial charge in [0.15, 0.2) is 6.61 Å². The number of benzene rings is 2.